The van der Waals surface area contributed by atoms with Crippen molar-refractivity contribution in [2.24, 2.45) is 0 Å². The monoisotopic (exact) mass is 452 g/mol. The van der Waals surface area contributed by atoms with E-state index in [4.69, 9.17) is 11.6 Å². The molecule has 0 bridgehead atoms. The molecule has 1 unspecified atom stereocenters. The van der Waals surface area contributed by atoms with Gasteiger partial charge in [-0.2, -0.15) is 0 Å². The fourth-order valence-corrected chi connectivity index (χ4v) is 3.77. The van der Waals surface area contributed by atoms with Crippen LogP contribution in [0.5, 0.6) is 0 Å². The van der Waals surface area contributed by atoms with E-state index in [0.29, 0.717) is 18.0 Å². The minimum atomic E-state index is -0.714. The molecule has 3 aromatic rings. The highest BCUT2D eigenvalue weighted by Gasteiger charge is 2.30. The number of halogens is 2. The Labute approximate surface area is 193 Å². The van der Waals surface area contributed by atoms with Crippen molar-refractivity contribution >= 4 is 23.4 Å². The van der Waals surface area contributed by atoms with Crippen molar-refractivity contribution in [1.29, 1.82) is 0 Å². The molecule has 2 amide bonds. The minimum absolute atomic E-state index is 0.104. The number of nitrogens with zero attached hydrogens (tertiary/aromatic N) is 1. The molecule has 0 aliphatic rings. The Balaban J connectivity index is 1.94. The molecule has 4 nitrogen and oxygen atoms in total. The summed E-state index contributed by atoms with van der Waals surface area (Å²) in [6.07, 6.45) is 0.474. The average molecular weight is 453 g/mol. The lowest BCUT2D eigenvalue weighted by molar-refractivity contribution is -0.140. The van der Waals surface area contributed by atoms with Gasteiger partial charge in [0.1, 0.15) is 11.9 Å². The molecule has 32 heavy (non-hydrogen) atoms. The molecule has 0 heterocycles. The van der Waals surface area contributed by atoms with Crippen LogP contribution in [-0.2, 0) is 29.0 Å². The Morgan fingerprint density at radius 3 is 2.28 bits per heavy atom. The average Bonchev–Trinajstić information content (AvgIpc) is 2.78. The number of carbonyl (C=O) groups excluding carboxylic acids is 2. The van der Waals surface area contributed by atoms with Crippen LogP contribution in [0.4, 0.5) is 4.39 Å². The highest BCUT2D eigenvalue weighted by Crippen LogP contribution is 2.18. The number of likely N-dealkylation sites (N-methyl/N-ethyl adjacent to an activating group) is 1. The SMILES string of the molecule is CCNC(=O)C(Cc1ccccc1)N(Cc1ccc(F)cc1)C(=O)Cc1cccc(Cl)c1. The quantitative estimate of drug-likeness (QED) is 0.507. The maximum Gasteiger partial charge on any atom is 0.243 e. The van der Waals surface area contributed by atoms with E-state index in [-0.39, 0.29) is 30.6 Å². The summed E-state index contributed by atoms with van der Waals surface area (Å²) in [7, 11) is 0. The standard InChI is InChI=1S/C26H26ClFN2O2/c1-2-29-26(32)24(16-19-7-4-3-5-8-19)30(18-20-11-13-23(28)14-12-20)25(31)17-21-9-6-10-22(27)15-21/h3-15,24H,2,16-18H2,1H3,(H,29,32). The van der Waals surface area contributed by atoms with E-state index in [1.54, 1.807) is 35.2 Å². The molecule has 0 fully saturated rings. The topological polar surface area (TPSA) is 49.4 Å². The summed E-state index contributed by atoms with van der Waals surface area (Å²) in [5.41, 5.74) is 2.46. The number of benzene rings is 3. The van der Waals surface area contributed by atoms with Gasteiger partial charge in [-0.05, 0) is 47.9 Å². The summed E-state index contributed by atoms with van der Waals surface area (Å²) in [4.78, 5) is 28.1. The van der Waals surface area contributed by atoms with Crippen molar-refractivity contribution in [3.8, 4) is 0 Å². The molecule has 166 valence electrons. The first kappa shape index (κ1) is 23.5. The Morgan fingerprint density at radius 2 is 1.62 bits per heavy atom. The van der Waals surface area contributed by atoms with Gasteiger partial charge >= 0.3 is 0 Å². The van der Waals surface area contributed by atoms with Crippen LogP contribution in [0.15, 0.2) is 78.9 Å². The van der Waals surface area contributed by atoms with Crippen molar-refractivity contribution in [3.63, 3.8) is 0 Å². The highest BCUT2D eigenvalue weighted by molar-refractivity contribution is 6.30. The molecule has 3 aromatic carbocycles. The molecule has 0 spiro atoms. The molecule has 6 heteroatoms. The van der Waals surface area contributed by atoms with E-state index in [1.807, 2.05) is 43.3 Å². The number of carbonyl (C=O) groups is 2. The second-order valence-corrected chi connectivity index (χ2v) is 7.99. The zero-order chi connectivity index (χ0) is 22.9. The number of nitrogens with one attached hydrogen (secondary N) is 1. The fourth-order valence-electron chi connectivity index (χ4n) is 3.56. The van der Waals surface area contributed by atoms with Gasteiger partial charge in [-0.3, -0.25) is 9.59 Å². The van der Waals surface area contributed by atoms with Crippen LogP contribution in [0.3, 0.4) is 0 Å². The van der Waals surface area contributed by atoms with E-state index in [0.717, 1.165) is 16.7 Å². The zero-order valence-electron chi connectivity index (χ0n) is 17.9. The third-order valence-electron chi connectivity index (χ3n) is 5.13. The first-order valence-electron chi connectivity index (χ1n) is 10.6. The van der Waals surface area contributed by atoms with Crippen LogP contribution in [0.25, 0.3) is 0 Å². The number of rotatable bonds is 9. The second kappa shape index (κ2) is 11.4. The second-order valence-electron chi connectivity index (χ2n) is 7.55. The van der Waals surface area contributed by atoms with Crippen LogP contribution in [-0.4, -0.2) is 29.3 Å². The molecular weight excluding hydrogens is 427 g/mol. The minimum Gasteiger partial charge on any atom is -0.355 e. The first-order valence-corrected chi connectivity index (χ1v) is 10.9. The lowest BCUT2D eigenvalue weighted by Crippen LogP contribution is -2.50. The molecule has 0 aliphatic heterocycles. The summed E-state index contributed by atoms with van der Waals surface area (Å²) in [6.45, 7) is 2.49. The normalized spacial score (nSPS) is 11.6. The summed E-state index contributed by atoms with van der Waals surface area (Å²) in [6, 6.07) is 22.0. The van der Waals surface area contributed by atoms with Gasteiger partial charge in [-0.1, -0.05) is 66.2 Å². The lowest BCUT2D eigenvalue weighted by Gasteiger charge is -2.31. The van der Waals surface area contributed by atoms with Gasteiger partial charge in [0.2, 0.25) is 11.8 Å². The van der Waals surface area contributed by atoms with E-state index in [9.17, 15) is 14.0 Å². The summed E-state index contributed by atoms with van der Waals surface area (Å²) in [5.74, 6) is -0.781. The van der Waals surface area contributed by atoms with E-state index in [1.165, 1.54) is 12.1 Å². The summed E-state index contributed by atoms with van der Waals surface area (Å²) in [5, 5.41) is 3.40. The smallest absolute Gasteiger partial charge is 0.243 e. The molecule has 0 aliphatic carbocycles. The van der Waals surface area contributed by atoms with Gasteiger partial charge < -0.3 is 10.2 Å². The van der Waals surface area contributed by atoms with E-state index < -0.39 is 6.04 Å². The van der Waals surface area contributed by atoms with Crippen LogP contribution in [0.1, 0.15) is 23.6 Å². The Bertz CT molecular complexity index is 1040. The molecule has 1 atom stereocenters. The van der Waals surface area contributed by atoms with Gasteiger partial charge in [0.25, 0.3) is 0 Å². The molecule has 0 aromatic heterocycles. The Hall–Kier alpha value is -3.18. The van der Waals surface area contributed by atoms with Gasteiger partial charge in [0.15, 0.2) is 0 Å². The first-order chi connectivity index (χ1) is 15.5. The summed E-state index contributed by atoms with van der Waals surface area (Å²) >= 11 is 6.09. The van der Waals surface area contributed by atoms with Crippen LogP contribution in [0.2, 0.25) is 5.02 Å². The number of amides is 2. The molecule has 0 saturated heterocycles. The van der Waals surface area contributed by atoms with Crippen LogP contribution >= 0.6 is 11.6 Å². The van der Waals surface area contributed by atoms with Crippen LogP contribution in [0, 0.1) is 5.82 Å². The van der Waals surface area contributed by atoms with Gasteiger partial charge in [0, 0.05) is 24.5 Å². The largest absolute Gasteiger partial charge is 0.355 e. The summed E-state index contributed by atoms with van der Waals surface area (Å²) < 4.78 is 13.4. The third kappa shape index (κ3) is 6.66. The molecular formula is C26H26ClFN2O2. The number of hydrogen-bond acceptors (Lipinski definition) is 2. The molecule has 0 saturated carbocycles. The van der Waals surface area contributed by atoms with Crippen molar-refractivity contribution in [1.82, 2.24) is 10.2 Å². The predicted octanol–water partition coefficient (Wildman–Crippen LogP) is 4.80. The molecule has 3 rings (SSSR count). The predicted molar refractivity (Wildman–Crippen MR) is 125 cm³/mol. The van der Waals surface area contributed by atoms with Crippen molar-refractivity contribution < 1.29 is 14.0 Å². The third-order valence-corrected chi connectivity index (χ3v) is 5.37. The Morgan fingerprint density at radius 1 is 0.938 bits per heavy atom. The number of hydrogen-bond donors (Lipinski definition) is 1. The van der Waals surface area contributed by atoms with Gasteiger partial charge in [-0.15, -0.1) is 0 Å². The van der Waals surface area contributed by atoms with Gasteiger partial charge in [0.05, 0.1) is 6.42 Å². The van der Waals surface area contributed by atoms with Crippen molar-refractivity contribution in [3.05, 3.63) is 106 Å². The Kier molecular flexibility index (Phi) is 8.40. The van der Waals surface area contributed by atoms with E-state index >= 15 is 0 Å². The highest BCUT2D eigenvalue weighted by atomic mass is 35.5. The van der Waals surface area contributed by atoms with Gasteiger partial charge in [-0.25, -0.2) is 4.39 Å². The lowest BCUT2D eigenvalue weighted by atomic mass is 10.0. The maximum atomic E-state index is 13.5. The van der Waals surface area contributed by atoms with Crippen LogP contribution < -0.4 is 5.32 Å². The molecule has 1 N–H and O–H groups in total. The fraction of sp³-hybridized carbons (Fsp3) is 0.231. The zero-order valence-corrected chi connectivity index (χ0v) is 18.7. The maximum absolute atomic E-state index is 13.5. The van der Waals surface area contributed by atoms with E-state index in [2.05, 4.69) is 5.32 Å². The van der Waals surface area contributed by atoms with Crippen molar-refractivity contribution in [2.45, 2.75) is 32.4 Å². The molecule has 0 radical (unpaired) electrons. The van der Waals surface area contributed by atoms with Crippen molar-refractivity contribution in [2.75, 3.05) is 6.54 Å².